The molecule has 5 nitrogen and oxygen atoms in total. The van der Waals surface area contributed by atoms with Crippen molar-refractivity contribution in [1.29, 1.82) is 0 Å². The van der Waals surface area contributed by atoms with Crippen LogP contribution in [0.3, 0.4) is 0 Å². The Morgan fingerprint density at radius 3 is 2.57 bits per heavy atom. The second-order valence-electron chi connectivity index (χ2n) is 5.69. The molecule has 2 heterocycles. The third kappa shape index (κ3) is 2.19. The predicted octanol–water partition coefficient (Wildman–Crippen LogP) is 3.38. The Labute approximate surface area is 125 Å². The minimum Gasteiger partial charge on any atom is -0.338 e. The van der Waals surface area contributed by atoms with Gasteiger partial charge in [0.05, 0.1) is 6.04 Å². The SMILES string of the molecule is COP(=O)(OC)C1(C)OC(c2ccccc2)N2CCCC21. The molecule has 0 N–H and O–H groups in total. The van der Waals surface area contributed by atoms with Gasteiger partial charge in [-0.3, -0.25) is 9.46 Å². The Kier molecular flexibility index (Phi) is 3.97. The topological polar surface area (TPSA) is 48.0 Å². The van der Waals surface area contributed by atoms with Gasteiger partial charge in [-0.05, 0) is 25.3 Å². The summed E-state index contributed by atoms with van der Waals surface area (Å²) in [7, 11) is -0.483. The van der Waals surface area contributed by atoms with Gasteiger partial charge in [-0.15, -0.1) is 0 Å². The summed E-state index contributed by atoms with van der Waals surface area (Å²) in [5.41, 5.74) is 1.08. The van der Waals surface area contributed by atoms with Crippen LogP contribution in [0.2, 0.25) is 0 Å². The van der Waals surface area contributed by atoms with Crippen molar-refractivity contribution in [2.45, 2.75) is 37.4 Å². The monoisotopic (exact) mass is 311 g/mol. The van der Waals surface area contributed by atoms with Crippen LogP contribution in [0, 0.1) is 0 Å². The number of ether oxygens (including phenoxy) is 1. The lowest BCUT2D eigenvalue weighted by atomic mass is 10.1. The zero-order chi connectivity index (χ0) is 15.1. The molecule has 6 heteroatoms. The van der Waals surface area contributed by atoms with Gasteiger partial charge in [-0.2, -0.15) is 0 Å². The molecule has 0 bridgehead atoms. The molecule has 2 aliphatic rings. The van der Waals surface area contributed by atoms with Crippen molar-refractivity contribution in [1.82, 2.24) is 4.90 Å². The number of fused-ring (bicyclic) bond motifs is 1. The summed E-state index contributed by atoms with van der Waals surface area (Å²) in [5, 5.41) is -0.937. The Bertz CT molecular complexity index is 544. The van der Waals surface area contributed by atoms with E-state index in [-0.39, 0.29) is 12.3 Å². The van der Waals surface area contributed by atoms with Crippen molar-refractivity contribution in [3.63, 3.8) is 0 Å². The molecule has 3 atom stereocenters. The maximum absolute atomic E-state index is 13.0. The zero-order valence-corrected chi connectivity index (χ0v) is 13.6. The van der Waals surface area contributed by atoms with E-state index in [1.54, 1.807) is 0 Å². The van der Waals surface area contributed by atoms with Crippen LogP contribution in [0.5, 0.6) is 0 Å². The molecule has 0 aromatic heterocycles. The first-order chi connectivity index (χ1) is 10.1. The summed E-state index contributed by atoms with van der Waals surface area (Å²) in [6.45, 7) is 2.79. The smallest absolute Gasteiger partial charge is 0.338 e. The average molecular weight is 311 g/mol. The molecule has 21 heavy (non-hydrogen) atoms. The minimum atomic E-state index is -3.33. The average Bonchev–Trinajstić information content (AvgIpc) is 3.11. The Hall–Kier alpha value is -0.710. The Balaban J connectivity index is 2.00. The quantitative estimate of drug-likeness (QED) is 0.798. The van der Waals surface area contributed by atoms with Crippen LogP contribution in [-0.2, 0) is 18.3 Å². The van der Waals surface area contributed by atoms with Crippen molar-refractivity contribution >= 4 is 7.60 Å². The fraction of sp³-hybridized carbons (Fsp3) is 0.600. The van der Waals surface area contributed by atoms with Crippen molar-refractivity contribution in [3.8, 4) is 0 Å². The summed E-state index contributed by atoms with van der Waals surface area (Å²) < 4.78 is 29.8. The Morgan fingerprint density at radius 1 is 1.29 bits per heavy atom. The van der Waals surface area contributed by atoms with Crippen molar-refractivity contribution in [2.75, 3.05) is 20.8 Å². The van der Waals surface area contributed by atoms with Crippen LogP contribution in [0.1, 0.15) is 31.6 Å². The van der Waals surface area contributed by atoms with E-state index in [2.05, 4.69) is 4.90 Å². The number of hydrogen-bond acceptors (Lipinski definition) is 5. The first kappa shape index (κ1) is 15.2. The summed E-state index contributed by atoms with van der Waals surface area (Å²) in [5.74, 6) is 0. The van der Waals surface area contributed by atoms with Gasteiger partial charge in [0.2, 0.25) is 0 Å². The Morgan fingerprint density at radius 2 is 1.95 bits per heavy atom. The molecule has 0 amide bonds. The van der Waals surface area contributed by atoms with E-state index in [4.69, 9.17) is 13.8 Å². The van der Waals surface area contributed by atoms with Crippen LogP contribution >= 0.6 is 7.60 Å². The van der Waals surface area contributed by atoms with E-state index in [1.807, 2.05) is 37.3 Å². The summed E-state index contributed by atoms with van der Waals surface area (Å²) in [6, 6.07) is 10.1. The van der Waals surface area contributed by atoms with E-state index >= 15 is 0 Å². The molecule has 0 radical (unpaired) electrons. The lowest BCUT2D eigenvalue weighted by Gasteiger charge is -2.34. The molecule has 116 valence electrons. The normalized spacial score (nSPS) is 33.3. The van der Waals surface area contributed by atoms with Gasteiger partial charge >= 0.3 is 7.60 Å². The lowest BCUT2D eigenvalue weighted by Crippen LogP contribution is -2.40. The fourth-order valence-corrected chi connectivity index (χ4v) is 5.32. The number of nitrogens with zero attached hydrogens (tertiary/aromatic N) is 1. The van der Waals surface area contributed by atoms with E-state index < -0.39 is 12.9 Å². The van der Waals surface area contributed by atoms with E-state index in [1.165, 1.54) is 14.2 Å². The van der Waals surface area contributed by atoms with Gasteiger partial charge in [0.25, 0.3) is 0 Å². The number of benzene rings is 1. The molecule has 0 saturated carbocycles. The van der Waals surface area contributed by atoms with Crippen LogP contribution in [0.4, 0.5) is 0 Å². The fourth-order valence-electron chi connectivity index (χ4n) is 3.58. The lowest BCUT2D eigenvalue weighted by molar-refractivity contribution is -0.0276. The summed E-state index contributed by atoms with van der Waals surface area (Å²) >= 11 is 0. The van der Waals surface area contributed by atoms with Gasteiger partial charge < -0.3 is 13.8 Å². The molecule has 0 spiro atoms. The van der Waals surface area contributed by atoms with E-state index in [0.717, 1.165) is 24.9 Å². The van der Waals surface area contributed by atoms with E-state index in [9.17, 15) is 4.57 Å². The predicted molar refractivity (Wildman–Crippen MR) is 80.0 cm³/mol. The first-order valence-corrected chi connectivity index (χ1v) is 8.80. The molecule has 1 aromatic rings. The van der Waals surface area contributed by atoms with E-state index in [0.29, 0.717) is 0 Å². The molecule has 1 aromatic carbocycles. The van der Waals surface area contributed by atoms with Gasteiger partial charge in [0.15, 0.2) is 5.34 Å². The largest absolute Gasteiger partial charge is 0.363 e. The molecule has 2 aliphatic heterocycles. The first-order valence-electron chi connectivity index (χ1n) is 7.26. The van der Waals surface area contributed by atoms with Gasteiger partial charge in [0.1, 0.15) is 6.23 Å². The van der Waals surface area contributed by atoms with Crippen molar-refractivity contribution in [2.24, 2.45) is 0 Å². The van der Waals surface area contributed by atoms with Crippen LogP contribution < -0.4 is 0 Å². The van der Waals surface area contributed by atoms with Gasteiger partial charge in [-0.1, -0.05) is 30.3 Å². The molecular formula is C15H22NO4P. The van der Waals surface area contributed by atoms with Crippen LogP contribution in [-0.4, -0.2) is 37.0 Å². The van der Waals surface area contributed by atoms with Crippen LogP contribution in [0.15, 0.2) is 30.3 Å². The van der Waals surface area contributed by atoms with Gasteiger partial charge in [-0.25, -0.2) is 0 Å². The summed E-state index contributed by atoms with van der Waals surface area (Å²) in [4.78, 5) is 2.28. The molecule has 3 unspecified atom stereocenters. The minimum absolute atomic E-state index is 0.0495. The number of rotatable bonds is 4. The molecule has 0 aliphatic carbocycles. The molecule has 3 rings (SSSR count). The van der Waals surface area contributed by atoms with Crippen molar-refractivity contribution in [3.05, 3.63) is 35.9 Å². The van der Waals surface area contributed by atoms with Crippen LogP contribution in [0.25, 0.3) is 0 Å². The highest BCUT2D eigenvalue weighted by Crippen LogP contribution is 2.67. The molecule has 2 fully saturated rings. The molecular weight excluding hydrogens is 289 g/mol. The summed E-state index contributed by atoms with van der Waals surface area (Å²) in [6.07, 6.45) is 1.82. The highest BCUT2D eigenvalue weighted by molar-refractivity contribution is 7.55. The maximum atomic E-state index is 13.0. The van der Waals surface area contributed by atoms with Crippen molar-refractivity contribution < 1.29 is 18.3 Å². The van der Waals surface area contributed by atoms with Gasteiger partial charge in [0, 0.05) is 20.8 Å². The highest BCUT2D eigenvalue weighted by atomic mass is 31.2. The molecule has 2 saturated heterocycles. The highest BCUT2D eigenvalue weighted by Gasteiger charge is 2.63. The third-order valence-electron chi connectivity index (χ3n) is 4.67. The standard InChI is InChI=1S/C15H22NO4P/c1-15(21(17,18-2)19-3)13-10-7-11-16(13)14(20-15)12-8-5-4-6-9-12/h4-6,8-9,13-14H,7,10-11H2,1-3H3. The number of hydrogen-bond donors (Lipinski definition) is 0. The maximum Gasteiger partial charge on any atom is 0.363 e. The second kappa shape index (κ2) is 5.49. The second-order valence-corrected chi connectivity index (χ2v) is 8.31. The third-order valence-corrected chi connectivity index (χ3v) is 7.13. The zero-order valence-electron chi connectivity index (χ0n) is 12.7.